The Balaban J connectivity index is 2.11. The monoisotopic (exact) mass is 229 g/mol. The molecule has 0 aliphatic heterocycles. The molecule has 0 aromatic carbocycles. The second-order valence-electron chi connectivity index (χ2n) is 3.47. The first kappa shape index (κ1) is 10.7. The smallest absolute Gasteiger partial charge is 0.101 e. The van der Waals surface area contributed by atoms with Crippen LogP contribution in [0.3, 0.4) is 0 Å². The van der Waals surface area contributed by atoms with Crippen molar-refractivity contribution in [1.82, 2.24) is 4.98 Å². The average Bonchev–Trinajstić information content (AvgIpc) is 2.72. The molecule has 80 valence electrons. The molecular weight excluding hydrogens is 218 g/mol. The number of hydrogen-bond donors (Lipinski definition) is 1. The number of pyridine rings is 1. The Morgan fingerprint density at radius 1 is 1.50 bits per heavy atom. The average molecular weight is 229 g/mol. The van der Waals surface area contributed by atoms with Crippen LogP contribution in [0.4, 0.5) is 5.69 Å². The van der Waals surface area contributed by atoms with Gasteiger partial charge in [-0.05, 0) is 34.9 Å². The predicted molar refractivity (Wildman–Crippen MR) is 65.3 cm³/mol. The van der Waals surface area contributed by atoms with Gasteiger partial charge in [0.25, 0.3) is 0 Å². The van der Waals surface area contributed by atoms with Crippen LogP contribution in [-0.4, -0.2) is 4.98 Å². The van der Waals surface area contributed by atoms with Crippen molar-refractivity contribution in [1.29, 1.82) is 5.26 Å². The molecule has 0 atom stereocenters. The number of aryl methyl sites for hydroxylation is 1. The van der Waals surface area contributed by atoms with E-state index < -0.39 is 0 Å². The molecule has 0 bridgehead atoms. The number of nitriles is 1. The maximum Gasteiger partial charge on any atom is 0.101 e. The van der Waals surface area contributed by atoms with Crippen molar-refractivity contribution >= 4 is 17.0 Å². The summed E-state index contributed by atoms with van der Waals surface area (Å²) in [6, 6.07) is 3.85. The zero-order valence-electron chi connectivity index (χ0n) is 8.90. The van der Waals surface area contributed by atoms with Crippen molar-refractivity contribution in [2.75, 3.05) is 5.32 Å². The Morgan fingerprint density at radius 2 is 2.38 bits per heavy atom. The van der Waals surface area contributed by atoms with Gasteiger partial charge in [-0.1, -0.05) is 0 Å². The first-order chi connectivity index (χ1) is 7.81. The topological polar surface area (TPSA) is 48.7 Å². The Kier molecular flexibility index (Phi) is 3.18. The van der Waals surface area contributed by atoms with Crippen molar-refractivity contribution in [3.63, 3.8) is 0 Å². The van der Waals surface area contributed by atoms with Crippen LogP contribution in [0.1, 0.15) is 16.7 Å². The first-order valence-electron chi connectivity index (χ1n) is 4.91. The van der Waals surface area contributed by atoms with Crippen LogP contribution in [0.5, 0.6) is 0 Å². The molecule has 0 saturated carbocycles. The second-order valence-corrected chi connectivity index (χ2v) is 4.21. The van der Waals surface area contributed by atoms with E-state index in [1.165, 1.54) is 11.1 Å². The fourth-order valence-corrected chi connectivity index (χ4v) is 2.25. The van der Waals surface area contributed by atoms with Crippen LogP contribution in [0.2, 0.25) is 0 Å². The molecule has 0 unspecified atom stereocenters. The third-order valence-electron chi connectivity index (χ3n) is 2.37. The molecule has 0 saturated heterocycles. The third kappa shape index (κ3) is 2.20. The number of nitrogens with zero attached hydrogens (tertiary/aromatic N) is 2. The first-order valence-corrected chi connectivity index (χ1v) is 5.85. The molecule has 0 amide bonds. The number of anilines is 1. The molecule has 0 aliphatic carbocycles. The summed E-state index contributed by atoms with van der Waals surface area (Å²) >= 11 is 1.69. The molecule has 2 aromatic heterocycles. The van der Waals surface area contributed by atoms with E-state index in [4.69, 9.17) is 5.26 Å². The summed E-state index contributed by atoms with van der Waals surface area (Å²) in [5.41, 5.74) is 3.95. The molecule has 16 heavy (non-hydrogen) atoms. The molecule has 0 aliphatic rings. The minimum Gasteiger partial charge on any atom is -0.379 e. The van der Waals surface area contributed by atoms with Gasteiger partial charge in [0, 0.05) is 12.7 Å². The highest BCUT2D eigenvalue weighted by atomic mass is 32.1. The summed E-state index contributed by atoms with van der Waals surface area (Å²) < 4.78 is 0. The van der Waals surface area contributed by atoms with Crippen molar-refractivity contribution in [2.45, 2.75) is 13.5 Å². The highest BCUT2D eigenvalue weighted by Crippen LogP contribution is 2.17. The Hall–Kier alpha value is -1.86. The van der Waals surface area contributed by atoms with Crippen LogP contribution < -0.4 is 5.32 Å². The van der Waals surface area contributed by atoms with Crippen LogP contribution in [0.15, 0.2) is 29.2 Å². The summed E-state index contributed by atoms with van der Waals surface area (Å²) in [6.45, 7) is 2.82. The van der Waals surface area contributed by atoms with Gasteiger partial charge in [0.2, 0.25) is 0 Å². The van der Waals surface area contributed by atoms with Crippen molar-refractivity contribution in [2.24, 2.45) is 0 Å². The molecule has 0 fully saturated rings. The van der Waals surface area contributed by atoms with E-state index in [1.54, 1.807) is 29.8 Å². The fraction of sp³-hybridized carbons (Fsp3) is 0.167. The molecule has 4 heteroatoms. The van der Waals surface area contributed by atoms with Crippen molar-refractivity contribution in [3.8, 4) is 6.07 Å². The summed E-state index contributed by atoms with van der Waals surface area (Å²) in [7, 11) is 0. The van der Waals surface area contributed by atoms with Gasteiger partial charge in [0.05, 0.1) is 17.4 Å². The van der Waals surface area contributed by atoms with Gasteiger partial charge < -0.3 is 5.32 Å². The van der Waals surface area contributed by atoms with Crippen LogP contribution in [-0.2, 0) is 6.54 Å². The van der Waals surface area contributed by atoms with Gasteiger partial charge in [-0.3, -0.25) is 4.98 Å². The lowest BCUT2D eigenvalue weighted by Crippen LogP contribution is -2.01. The minimum atomic E-state index is 0.628. The van der Waals surface area contributed by atoms with Crippen molar-refractivity contribution < 1.29 is 0 Å². The number of nitrogens with one attached hydrogen (secondary N) is 1. The highest BCUT2D eigenvalue weighted by Gasteiger charge is 2.02. The van der Waals surface area contributed by atoms with E-state index in [2.05, 4.69) is 34.1 Å². The van der Waals surface area contributed by atoms with Crippen LogP contribution in [0.25, 0.3) is 0 Å². The molecule has 0 spiro atoms. The molecule has 2 rings (SSSR count). The molecular formula is C12H11N3S. The second kappa shape index (κ2) is 4.77. The zero-order valence-corrected chi connectivity index (χ0v) is 9.71. The van der Waals surface area contributed by atoms with Crippen molar-refractivity contribution in [3.05, 3.63) is 45.9 Å². The Morgan fingerprint density at radius 3 is 3.06 bits per heavy atom. The van der Waals surface area contributed by atoms with E-state index in [9.17, 15) is 0 Å². The normalized spacial score (nSPS) is 9.75. The fourth-order valence-electron chi connectivity index (χ4n) is 1.39. The number of aromatic nitrogens is 1. The largest absolute Gasteiger partial charge is 0.379 e. The Labute approximate surface area is 98.4 Å². The molecule has 2 heterocycles. The van der Waals surface area contributed by atoms with Gasteiger partial charge in [-0.2, -0.15) is 16.6 Å². The van der Waals surface area contributed by atoms with E-state index in [0.29, 0.717) is 5.56 Å². The van der Waals surface area contributed by atoms with Gasteiger partial charge in [-0.25, -0.2) is 0 Å². The lowest BCUT2D eigenvalue weighted by molar-refractivity contribution is 1.12. The summed E-state index contributed by atoms with van der Waals surface area (Å²) in [4.78, 5) is 4.00. The maximum atomic E-state index is 8.91. The SMILES string of the molecule is Cc1cscc1CNc1cnccc1C#N. The van der Waals surface area contributed by atoms with Crippen LogP contribution in [0, 0.1) is 18.3 Å². The lowest BCUT2D eigenvalue weighted by Gasteiger charge is -2.06. The summed E-state index contributed by atoms with van der Waals surface area (Å²) in [5, 5.41) is 16.4. The number of hydrogen-bond acceptors (Lipinski definition) is 4. The standard InChI is InChI=1S/C12H11N3S/c1-9-7-16-8-11(9)5-15-12-6-14-3-2-10(12)4-13/h2-3,6-8,15H,5H2,1H3. The minimum absolute atomic E-state index is 0.628. The molecule has 2 aromatic rings. The predicted octanol–water partition coefficient (Wildman–Crippen LogP) is 2.94. The molecule has 1 N–H and O–H groups in total. The Bertz CT molecular complexity index is 525. The lowest BCUT2D eigenvalue weighted by atomic mass is 10.2. The maximum absolute atomic E-state index is 8.91. The van der Waals surface area contributed by atoms with E-state index in [-0.39, 0.29) is 0 Å². The van der Waals surface area contributed by atoms with Gasteiger partial charge in [0.15, 0.2) is 0 Å². The summed E-state index contributed by atoms with van der Waals surface area (Å²) in [5.74, 6) is 0. The molecule has 0 radical (unpaired) electrons. The number of thiophene rings is 1. The van der Waals surface area contributed by atoms with Gasteiger partial charge in [0.1, 0.15) is 6.07 Å². The zero-order chi connectivity index (χ0) is 11.4. The van der Waals surface area contributed by atoms with E-state index in [1.807, 2.05) is 0 Å². The van der Waals surface area contributed by atoms with Crippen LogP contribution >= 0.6 is 11.3 Å². The molecule has 3 nitrogen and oxygen atoms in total. The number of rotatable bonds is 3. The highest BCUT2D eigenvalue weighted by molar-refractivity contribution is 7.08. The van der Waals surface area contributed by atoms with E-state index >= 15 is 0 Å². The summed E-state index contributed by atoms with van der Waals surface area (Å²) in [6.07, 6.45) is 3.31. The van der Waals surface area contributed by atoms with E-state index in [0.717, 1.165) is 12.2 Å². The van der Waals surface area contributed by atoms with Gasteiger partial charge in [-0.15, -0.1) is 0 Å². The van der Waals surface area contributed by atoms with Gasteiger partial charge >= 0.3 is 0 Å². The third-order valence-corrected chi connectivity index (χ3v) is 3.28. The quantitative estimate of drug-likeness (QED) is 0.880.